The molecule has 0 aliphatic heterocycles. The molecular weight excluding hydrogens is 280 g/mol. The summed E-state index contributed by atoms with van der Waals surface area (Å²) in [6.45, 7) is 4.32. The third-order valence-electron chi connectivity index (χ3n) is 3.86. The van der Waals surface area contributed by atoms with Crippen LogP contribution in [0.15, 0.2) is 58.7 Å². The minimum absolute atomic E-state index is 1.06. The van der Waals surface area contributed by atoms with Gasteiger partial charge in [-0.2, -0.15) is 10.2 Å². The van der Waals surface area contributed by atoms with Crippen molar-refractivity contribution in [2.45, 2.75) is 46.0 Å². The molecule has 0 unspecified atom stereocenters. The molecule has 0 amide bonds. The summed E-state index contributed by atoms with van der Waals surface area (Å²) in [4.78, 5) is 0. The Balaban J connectivity index is 1.81. The van der Waals surface area contributed by atoms with E-state index in [1.54, 1.807) is 12.4 Å². The maximum Gasteiger partial charge on any atom is 0.0568 e. The van der Waals surface area contributed by atoms with E-state index in [4.69, 9.17) is 0 Å². The van der Waals surface area contributed by atoms with Gasteiger partial charge in [-0.25, -0.2) is 0 Å². The fraction of sp³-hybridized carbons (Fsp3) is 0.333. The second-order valence-corrected chi connectivity index (χ2v) is 5.95. The zero-order chi connectivity index (χ0) is 16.3. The van der Waals surface area contributed by atoms with Gasteiger partial charge in [0.2, 0.25) is 0 Å². The van der Waals surface area contributed by atoms with Gasteiger partial charge < -0.3 is 0 Å². The Bertz CT molecular complexity index is 622. The van der Waals surface area contributed by atoms with Crippen LogP contribution in [0.5, 0.6) is 0 Å². The molecule has 0 N–H and O–H groups in total. The van der Waals surface area contributed by atoms with E-state index >= 15 is 0 Å². The second kappa shape index (κ2) is 9.73. The number of hydrogen-bond donors (Lipinski definition) is 0. The average molecular weight is 306 g/mol. The van der Waals surface area contributed by atoms with Crippen LogP contribution in [0.2, 0.25) is 0 Å². The minimum atomic E-state index is 1.06. The maximum atomic E-state index is 4.12. The van der Waals surface area contributed by atoms with Crippen molar-refractivity contribution < 1.29 is 0 Å². The molecule has 2 aromatic rings. The van der Waals surface area contributed by atoms with E-state index in [9.17, 15) is 0 Å². The van der Waals surface area contributed by atoms with Crippen molar-refractivity contribution in [2.75, 3.05) is 0 Å². The first-order valence-corrected chi connectivity index (χ1v) is 8.50. The topological polar surface area (TPSA) is 24.7 Å². The van der Waals surface area contributed by atoms with Gasteiger partial charge in [-0.1, -0.05) is 80.3 Å². The number of benzene rings is 2. The molecule has 0 spiro atoms. The first-order valence-electron chi connectivity index (χ1n) is 8.50. The first kappa shape index (κ1) is 17.1. The molecule has 2 aromatic carbocycles. The molecule has 23 heavy (non-hydrogen) atoms. The fourth-order valence-corrected chi connectivity index (χ4v) is 2.38. The number of aryl methyl sites for hydroxylation is 2. The maximum absolute atomic E-state index is 4.12. The van der Waals surface area contributed by atoms with Gasteiger partial charge in [0.25, 0.3) is 0 Å². The Hall–Kier alpha value is -2.22. The van der Waals surface area contributed by atoms with E-state index in [0.29, 0.717) is 0 Å². The largest absolute Gasteiger partial charge is 0.159 e. The number of nitrogens with zero attached hydrogens (tertiary/aromatic N) is 2. The Morgan fingerprint density at radius 2 is 1.30 bits per heavy atom. The number of unbranched alkanes of at least 4 members (excludes halogenated alkanes) is 3. The molecule has 0 aliphatic rings. The van der Waals surface area contributed by atoms with E-state index in [1.807, 2.05) is 12.1 Å². The minimum Gasteiger partial charge on any atom is -0.159 e. The standard InChI is InChI=1S/C21H26N2/c1-3-4-5-6-7-19-12-14-21(15-13-19)17-23-22-16-20-10-8-18(2)9-11-20/h8-17H,3-7H2,1-2H3/b22-16+,23-17+. The zero-order valence-corrected chi connectivity index (χ0v) is 14.2. The quantitative estimate of drug-likeness (QED) is 0.346. The summed E-state index contributed by atoms with van der Waals surface area (Å²) < 4.78 is 0. The zero-order valence-electron chi connectivity index (χ0n) is 14.2. The molecule has 0 heterocycles. The van der Waals surface area contributed by atoms with E-state index in [-0.39, 0.29) is 0 Å². The Morgan fingerprint density at radius 3 is 1.87 bits per heavy atom. The Morgan fingerprint density at radius 1 is 0.739 bits per heavy atom. The van der Waals surface area contributed by atoms with Crippen LogP contribution >= 0.6 is 0 Å². The lowest BCUT2D eigenvalue weighted by molar-refractivity contribution is 0.667. The smallest absolute Gasteiger partial charge is 0.0568 e. The Labute approximate surface area is 140 Å². The molecule has 0 fully saturated rings. The van der Waals surface area contributed by atoms with E-state index < -0.39 is 0 Å². The first-order chi connectivity index (χ1) is 11.3. The van der Waals surface area contributed by atoms with Crippen LogP contribution < -0.4 is 0 Å². The summed E-state index contributed by atoms with van der Waals surface area (Å²) in [5.41, 5.74) is 4.81. The molecule has 0 saturated carbocycles. The van der Waals surface area contributed by atoms with Crippen molar-refractivity contribution in [2.24, 2.45) is 10.2 Å². The van der Waals surface area contributed by atoms with Gasteiger partial charge in [-0.3, -0.25) is 0 Å². The average Bonchev–Trinajstić information content (AvgIpc) is 2.58. The molecular formula is C21H26N2. The van der Waals surface area contributed by atoms with Crippen molar-refractivity contribution in [3.8, 4) is 0 Å². The van der Waals surface area contributed by atoms with Crippen molar-refractivity contribution in [3.63, 3.8) is 0 Å². The van der Waals surface area contributed by atoms with Crippen LogP contribution in [0.25, 0.3) is 0 Å². The summed E-state index contributed by atoms with van der Waals surface area (Å²) in [6.07, 6.45) is 9.98. The highest BCUT2D eigenvalue weighted by Crippen LogP contribution is 2.09. The van der Waals surface area contributed by atoms with Crippen LogP contribution in [-0.2, 0) is 6.42 Å². The fourth-order valence-electron chi connectivity index (χ4n) is 2.38. The lowest BCUT2D eigenvalue weighted by Crippen LogP contribution is -1.87. The second-order valence-electron chi connectivity index (χ2n) is 5.95. The summed E-state index contributed by atoms with van der Waals surface area (Å²) in [5.74, 6) is 0. The molecule has 2 heteroatoms. The molecule has 0 saturated heterocycles. The van der Waals surface area contributed by atoms with E-state index in [2.05, 4.69) is 60.4 Å². The normalized spacial score (nSPS) is 11.6. The molecule has 0 aromatic heterocycles. The lowest BCUT2D eigenvalue weighted by atomic mass is 10.1. The lowest BCUT2D eigenvalue weighted by Gasteiger charge is -2.01. The number of hydrogen-bond acceptors (Lipinski definition) is 2. The third-order valence-corrected chi connectivity index (χ3v) is 3.86. The van der Waals surface area contributed by atoms with Gasteiger partial charge in [0.05, 0.1) is 12.4 Å². The van der Waals surface area contributed by atoms with Crippen LogP contribution in [0.3, 0.4) is 0 Å². The predicted octanol–water partition coefficient (Wildman–Crippen LogP) is 5.57. The van der Waals surface area contributed by atoms with Crippen LogP contribution in [0, 0.1) is 6.92 Å². The highest BCUT2D eigenvalue weighted by molar-refractivity contribution is 5.82. The van der Waals surface area contributed by atoms with Crippen molar-refractivity contribution in [3.05, 3.63) is 70.8 Å². The van der Waals surface area contributed by atoms with E-state index in [0.717, 1.165) is 11.1 Å². The summed E-state index contributed by atoms with van der Waals surface area (Å²) in [6, 6.07) is 16.8. The molecule has 2 rings (SSSR count). The summed E-state index contributed by atoms with van der Waals surface area (Å²) in [5, 5.41) is 8.22. The summed E-state index contributed by atoms with van der Waals surface area (Å²) in [7, 11) is 0. The monoisotopic (exact) mass is 306 g/mol. The Kier molecular flexibility index (Phi) is 7.25. The molecule has 0 aliphatic carbocycles. The summed E-state index contributed by atoms with van der Waals surface area (Å²) >= 11 is 0. The van der Waals surface area contributed by atoms with Crippen molar-refractivity contribution in [1.29, 1.82) is 0 Å². The number of rotatable bonds is 8. The highest BCUT2D eigenvalue weighted by atomic mass is 15.2. The molecule has 2 nitrogen and oxygen atoms in total. The molecule has 120 valence electrons. The van der Waals surface area contributed by atoms with E-state index in [1.165, 1.54) is 43.2 Å². The van der Waals surface area contributed by atoms with Gasteiger partial charge in [0.15, 0.2) is 0 Å². The van der Waals surface area contributed by atoms with Crippen molar-refractivity contribution >= 4 is 12.4 Å². The van der Waals surface area contributed by atoms with Gasteiger partial charge in [-0.05, 0) is 36.5 Å². The SMILES string of the molecule is CCCCCCc1ccc(/C=N/N=C/c2ccc(C)cc2)cc1. The molecule has 0 atom stereocenters. The van der Waals surface area contributed by atoms with Gasteiger partial charge in [0, 0.05) is 0 Å². The van der Waals surface area contributed by atoms with Gasteiger partial charge >= 0.3 is 0 Å². The third kappa shape index (κ3) is 6.60. The van der Waals surface area contributed by atoms with Crippen LogP contribution in [0.1, 0.15) is 54.9 Å². The van der Waals surface area contributed by atoms with Crippen LogP contribution in [-0.4, -0.2) is 12.4 Å². The van der Waals surface area contributed by atoms with Crippen molar-refractivity contribution in [1.82, 2.24) is 0 Å². The van der Waals surface area contributed by atoms with Crippen LogP contribution in [0.4, 0.5) is 0 Å². The highest BCUT2D eigenvalue weighted by Gasteiger charge is 1.94. The van der Waals surface area contributed by atoms with Gasteiger partial charge in [-0.15, -0.1) is 0 Å². The molecule has 0 radical (unpaired) electrons. The molecule has 0 bridgehead atoms. The van der Waals surface area contributed by atoms with Gasteiger partial charge in [0.1, 0.15) is 0 Å². The predicted molar refractivity (Wildman–Crippen MR) is 101 cm³/mol.